The van der Waals surface area contributed by atoms with Crippen LogP contribution in [0, 0.1) is 21.4 Å². The van der Waals surface area contributed by atoms with Gasteiger partial charge >= 0.3 is 0 Å². The smallest absolute Gasteiger partial charge is 0.293 e. The molecule has 1 amide bonds. The standard InChI is InChI=1S/C18H16N4O4/c19-9-10-26-15-6-4-14(5-7-15)21-18(23)12-1-8-16(20-13-2-3-13)17(11-12)22(24)25/h1,4-8,11,13,20H,2-3,10H2,(H,21,23). The van der Waals surface area contributed by atoms with Crippen molar-refractivity contribution in [2.75, 3.05) is 17.2 Å². The van der Waals surface area contributed by atoms with Crippen LogP contribution < -0.4 is 15.4 Å². The highest BCUT2D eigenvalue weighted by molar-refractivity contribution is 6.05. The molecule has 2 aromatic rings. The fraction of sp³-hybridized carbons (Fsp3) is 0.222. The van der Waals surface area contributed by atoms with Crippen LogP contribution in [0.3, 0.4) is 0 Å². The van der Waals surface area contributed by atoms with Gasteiger partial charge in [0.15, 0.2) is 6.61 Å². The zero-order valence-electron chi connectivity index (χ0n) is 13.8. The topological polar surface area (TPSA) is 117 Å². The second kappa shape index (κ2) is 7.53. The third kappa shape index (κ3) is 4.27. The predicted molar refractivity (Wildman–Crippen MR) is 95.2 cm³/mol. The first-order chi connectivity index (χ1) is 12.6. The summed E-state index contributed by atoms with van der Waals surface area (Å²) in [5.74, 6) is 0.0625. The van der Waals surface area contributed by atoms with Crippen molar-refractivity contribution in [1.29, 1.82) is 5.26 Å². The maximum Gasteiger partial charge on any atom is 0.293 e. The Kier molecular flexibility index (Phi) is 4.99. The van der Waals surface area contributed by atoms with Gasteiger partial charge in [0.1, 0.15) is 17.5 Å². The van der Waals surface area contributed by atoms with Gasteiger partial charge < -0.3 is 15.4 Å². The van der Waals surface area contributed by atoms with E-state index in [9.17, 15) is 14.9 Å². The van der Waals surface area contributed by atoms with E-state index in [-0.39, 0.29) is 23.9 Å². The number of hydrogen-bond donors (Lipinski definition) is 2. The van der Waals surface area contributed by atoms with E-state index in [1.165, 1.54) is 6.07 Å². The van der Waals surface area contributed by atoms with Crippen LogP contribution in [0.4, 0.5) is 17.1 Å². The van der Waals surface area contributed by atoms with E-state index in [4.69, 9.17) is 10.00 Å². The molecule has 1 aliphatic carbocycles. The van der Waals surface area contributed by atoms with Crippen LogP contribution >= 0.6 is 0 Å². The first-order valence-corrected chi connectivity index (χ1v) is 8.03. The van der Waals surface area contributed by atoms with Crippen molar-refractivity contribution in [3.05, 3.63) is 58.1 Å². The molecule has 3 rings (SSSR count). The number of nitro groups is 1. The lowest BCUT2D eigenvalue weighted by molar-refractivity contribution is -0.384. The average Bonchev–Trinajstić information content (AvgIpc) is 3.45. The zero-order chi connectivity index (χ0) is 18.5. The van der Waals surface area contributed by atoms with Crippen LogP contribution in [0.15, 0.2) is 42.5 Å². The Labute approximate surface area is 149 Å². The van der Waals surface area contributed by atoms with E-state index in [1.54, 1.807) is 36.4 Å². The Morgan fingerprint density at radius 3 is 2.62 bits per heavy atom. The Hall–Kier alpha value is -3.60. The summed E-state index contributed by atoms with van der Waals surface area (Å²) in [4.78, 5) is 23.1. The molecule has 0 spiro atoms. The van der Waals surface area contributed by atoms with Gasteiger partial charge in [0.25, 0.3) is 11.6 Å². The number of nitrogens with one attached hydrogen (secondary N) is 2. The second-order valence-electron chi connectivity index (χ2n) is 5.83. The Balaban J connectivity index is 1.71. The SMILES string of the molecule is N#CCOc1ccc(NC(=O)c2ccc(NC3CC3)c([N+](=O)[O-])c2)cc1. The molecule has 0 aromatic heterocycles. The molecule has 0 aliphatic heterocycles. The van der Waals surface area contributed by atoms with Crippen molar-refractivity contribution in [2.24, 2.45) is 0 Å². The fourth-order valence-corrected chi connectivity index (χ4v) is 2.35. The molecule has 0 unspecified atom stereocenters. The highest BCUT2D eigenvalue weighted by atomic mass is 16.6. The largest absolute Gasteiger partial charge is 0.479 e. The Morgan fingerprint density at radius 1 is 1.27 bits per heavy atom. The van der Waals surface area contributed by atoms with Crippen molar-refractivity contribution in [2.45, 2.75) is 18.9 Å². The van der Waals surface area contributed by atoms with Crippen molar-refractivity contribution >= 4 is 23.0 Å². The summed E-state index contributed by atoms with van der Waals surface area (Å²) in [5, 5.41) is 25.5. The predicted octanol–water partition coefficient (Wildman–Crippen LogP) is 3.32. The number of ether oxygens (including phenoxy) is 1. The number of benzene rings is 2. The van der Waals surface area contributed by atoms with Gasteiger partial charge in [-0.15, -0.1) is 0 Å². The lowest BCUT2D eigenvalue weighted by Gasteiger charge is -2.09. The lowest BCUT2D eigenvalue weighted by atomic mass is 10.1. The molecule has 0 radical (unpaired) electrons. The molecular weight excluding hydrogens is 336 g/mol. The number of carbonyl (C=O) groups excluding carboxylic acids is 1. The number of anilines is 2. The first kappa shape index (κ1) is 17.2. The Bertz CT molecular complexity index is 870. The molecule has 2 aromatic carbocycles. The zero-order valence-corrected chi connectivity index (χ0v) is 13.8. The number of hydrogen-bond acceptors (Lipinski definition) is 6. The quantitative estimate of drug-likeness (QED) is 0.583. The van der Waals surface area contributed by atoms with Crippen molar-refractivity contribution in [3.8, 4) is 11.8 Å². The molecule has 0 bridgehead atoms. The van der Waals surface area contributed by atoms with Crippen LogP contribution in [-0.2, 0) is 0 Å². The summed E-state index contributed by atoms with van der Waals surface area (Å²) >= 11 is 0. The molecule has 1 fully saturated rings. The summed E-state index contributed by atoms with van der Waals surface area (Å²) in [6, 6.07) is 13.0. The minimum atomic E-state index is -0.497. The van der Waals surface area contributed by atoms with Gasteiger partial charge in [-0.25, -0.2) is 0 Å². The van der Waals surface area contributed by atoms with Crippen LogP contribution in [-0.4, -0.2) is 23.5 Å². The van der Waals surface area contributed by atoms with Crippen LogP contribution in [0.5, 0.6) is 5.75 Å². The second-order valence-corrected chi connectivity index (χ2v) is 5.83. The number of nitro benzene ring substituents is 1. The third-order valence-corrected chi connectivity index (χ3v) is 3.81. The molecule has 26 heavy (non-hydrogen) atoms. The number of nitriles is 1. The average molecular weight is 352 g/mol. The lowest BCUT2D eigenvalue weighted by Crippen LogP contribution is -2.13. The molecule has 132 valence electrons. The highest BCUT2D eigenvalue weighted by Crippen LogP contribution is 2.31. The minimum absolute atomic E-state index is 0.0589. The highest BCUT2D eigenvalue weighted by Gasteiger charge is 2.25. The monoisotopic (exact) mass is 352 g/mol. The normalized spacial score (nSPS) is 12.7. The molecule has 1 saturated carbocycles. The number of carbonyl (C=O) groups is 1. The summed E-state index contributed by atoms with van der Waals surface area (Å²) in [5.41, 5.74) is 1.02. The molecule has 2 N–H and O–H groups in total. The van der Waals surface area contributed by atoms with E-state index < -0.39 is 10.8 Å². The van der Waals surface area contributed by atoms with Crippen molar-refractivity contribution in [1.82, 2.24) is 0 Å². The number of rotatable bonds is 7. The van der Waals surface area contributed by atoms with E-state index in [2.05, 4.69) is 10.6 Å². The molecule has 1 aliphatic rings. The Morgan fingerprint density at radius 2 is 2.00 bits per heavy atom. The first-order valence-electron chi connectivity index (χ1n) is 8.03. The van der Waals surface area contributed by atoms with Gasteiger partial charge in [0.2, 0.25) is 0 Å². The van der Waals surface area contributed by atoms with Gasteiger partial charge in [0, 0.05) is 23.4 Å². The summed E-state index contributed by atoms with van der Waals surface area (Å²) in [6.07, 6.45) is 1.99. The van der Waals surface area contributed by atoms with Gasteiger partial charge in [-0.05, 0) is 49.2 Å². The van der Waals surface area contributed by atoms with Crippen molar-refractivity contribution in [3.63, 3.8) is 0 Å². The molecule has 8 heteroatoms. The maximum atomic E-state index is 12.4. The van der Waals surface area contributed by atoms with Gasteiger partial charge in [-0.2, -0.15) is 5.26 Å². The van der Waals surface area contributed by atoms with E-state index >= 15 is 0 Å². The molecule has 0 atom stereocenters. The van der Waals surface area contributed by atoms with E-state index in [1.807, 2.05) is 6.07 Å². The van der Waals surface area contributed by atoms with Gasteiger partial charge in [-0.3, -0.25) is 14.9 Å². The van der Waals surface area contributed by atoms with Gasteiger partial charge in [0.05, 0.1) is 4.92 Å². The third-order valence-electron chi connectivity index (χ3n) is 3.81. The van der Waals surface area contributed by atoms with Crippen LogP contribution in [0.1, 0.15) is 23.2 Å². The fourth-order valence-electron chi connectivity index (χ4n) is 2.35. The van der Waals surface area contributed by atoms with Crippen LogP contribution in [0.25, 0.3) is 0 Å². The van der Waals surface area contributed by atoms with Gasteiger partial charge in [-0.1, -0.05) is 0 Å². The van der Waals surface area contributed by atoms with E-state index in [0.29, 0.717) is 17.1 Å². The minimum Gasteiger partial charge on any atom is -0.479 e. The van der Waals surface area contributed by atoms with Crippen molar-refractivity contribution < 1.29 is 14.5 Å². The summed E-state index contributed by atoms with van der Waals surface area (Å²) < 4.78 is 5.14. The molecule has 8 nitrogen and oxygen atoms in total. The number of amides is 1. The molecular formula is C18H16N4O4. The summed E-state index contributed by atoms with van der Waals surface area (Å²) in [6.45, 7) is -0.0589. The maximum absolute atomic E-state index is 12.4. The van der Waals surface area contributed by atoms with E-state index in [0.717, 1.165) is 12.8 Å². The molecule has 0 heterocycles. The molecule has 0 saturated heterocycles. The van der Waals surface area contributed by atoms with Crippen LogP contribution in [0.2, 0.25) is 0 Å². The summed E-state index contributed by atoms with van der Waals surface area (Å²) in [7, 11) is 0. The number of nitrogens with zero attached hydrogens (tertiary/aromatic N) is 2.